The number of carbonyl (C=O) groups excluding carboxylic acids is 1. The molecule has 0 spiro atoms. The molecule has 0 saturated heterocycles. The molecule has 7 heteroatoms. The summed E-state index contributed by atoms with van der Waals surface area (Å²) < 4.78 is 11.2. The maximum Gasteiger partial charge on any atom is 0.323 e. The van der Waals surface area contributed by atoms with Gasteiger partial charge in [-0.3, -0.25) is 9.59 Å². The van der Waals surface area contributed by atoms with Crippen LogP contribution in [0.4, 0.5) is 0 Å². The summed E-state index contributed by atoms with van der Waals surface area (Å²) in [6.07, 6.45) is 1.92. The van der Waals surface area contributed by atoms with Gasteiger partial charge in [0.25, 0.3) is 0 Å². The fourth-order valence-electron chi connectivity index (χ4n) is 2.37. The smallest absolute Gasteiger partial charge is 0.323 e. The number of hydrogen-bond donors (Lipinski definition) is 1. The maximum absolute atomic E-state index is 12.1. The Bertz CT molecular complexity index is 578. The molecule has 132 valence electrons. The van der Waals surface area contributed by atoms with Gasteiger partial charge in [-0.2, -0.15) is 0 Å². The molecule has 1 heterocycles. The first kappa shape index (κ1) is 18.4. The van der Waals surface area contributed by atoms with Gasteiger partial charge in [-0.15, -0.1) is 11.8 Å². The van der Waals surface area contributed by atoms with Crippen LogP contribution in [-0.2, 0) is 9.59 Å². The molecule has 1 N–H and O–H groups in total. The zero-order valence-corrected chi connectivity index (χ0v) is 14.6. The molecule has 1 amide bonds. The standard InChI is InChI=1S/C17H23NO5S/c1-2-7-18(12-17(20)21)16(19)6-10-24-13-4-5-14-15(11-13)23-9-3-8-22-14/h4-5,11H,2-3,6-10,12H2,1H3,(H,20,21). The van der Waals surface area contributed by atoms with Crippen molar-refractivity contribution in [2.24, 2.45) is 0 Å². The molecule has 0 aromatic heterocycles. The number of rotatable bonds is 8. The predicted molar refractivity (Wildman–Crippen MR) is 91.9 cm³/mol. The van der Waals surface area contributed by atoms with E-state index in [2.05, 4.69) is 0 Å². The van der Waals surface area contributed by atoms with Crippen molar-refractivity contribution in [3.8, 4) is 11.5 Å². The van der Waals surface area contributed by atoms with Crippen LogP contribution in [0.3, 0.4) is 0 Å². The van der Waals surface area contributed by atoms with Crippen molar-refractivity contribution in [1.82, 2.24) is 4.90 Å². The lowest BCUT2D eigenvalue weighted by atomic mass is 10.3. The number of carboxylic acids is 1. The molecule has 1 aliphatic rings. The molecule has 0 radical (unpaired) electrons. The van der Waals surface area contributed by atoms with Gasteiger partial charge < -0.3 is 19.5 Å². The minimum absolute atomic E-state index is 0.124. The Morgan fingerprint density at radius 2 is 2.00 bits per heavy atom. The molecule has 0 bridgehead atoms. The van der Waals surface area contributed by atoms with Crippen molar-refractivity contribution >= 4 is 23.6 Å². The van der Waals surface area contributed by atoms with Crippen LogP contribution < -0.4 is 9.47 Å². The lowest BCUT2D eigenvalue weighted by Crippen LogP contribution is -2.36. The second kappa shape index (κ2) is 9.42. The van der Waals surface area contributed by atoms with Gasteiger partial charge >= 0.3 is 5.97 Å². The van der Waals surface area contributed by atoms with E-state index < -0.39 is 5.97 Å². The van der Waals surface area contributed by atoms with Gasteiger partial charge in [0.1, 0.15) is 6.54 Å². The molecule has 0 aliphatic carbocycles. The topological polar surface area (TPSA) is 76.1 Å². The summed E-state index contributed by atoms with van der Waals surface area (Å²) in [5.74, 6) is 0.984. The van der Waals surface area contributed by atoms with Gasteiger partial charge in [0.05, 0.1) is 13.2 Å². The van der Waals surface area contributed by atoms with E-state index >= 15 is 0 Å². The zero-order chi connectivity index (χ0) is 17.4. The molecule has 24 heavy (non-hydrogen) atoms. The highest BCUT2D eigenvalue weighted by atomic mass is 32.2. The lowest BCUT2D eigenvalue weighted by Gasteiger charge is -2.19. The van der Waals surface area contributed by atoms with Crippen LogP contribution >= 0.6 is 11.8 Å². The fourth-order valence-corrected chi connectivity index (χ4v) is 3.24. The molecule has 0 fully saturated rings. The summed E-state index contributed by atoms with van der Waals surface area (Å²) in [6, 6.07) is 5.76. The van der Waals surface area contributed by atoms with Crippen LogP contribution in [0.15, 0.2) is 23.1 Å². The molecular weight excluding hydrogens is 330 g/mol. The highest BCUT2D eigenvalue weighted by molar-refractivity contribution is 7.99. The van der Waals surface area contributed by atoms with Gasteiger partial charge in [-0.1, -0.05) is 6.92 Å². The van der Waals surface area contributed by atoms with Crippen LogP contribution in [0.5, 0.6) is 11.5 Å². The number of hydrogen-bond acceptors (Lipinski definition) is 5. The molecule has 1 aromatic carbocycles. The van der Waals surface area contributed by atoms with Crippen LogP contribution in [-0.4, -0.2) is 53.9 Å². The lowest BCUT2D eigenvalue weighted by molar-refractivity contribution is -0.144. The minimum atomic E-state index is -0.979. The van der Waals surface area contributed by atoms with Gasteiger partial charge in [0.15, 0.2) is 11.5 Å². The summed E-state index contributed by atoms with van der Waals surface area (Å²) >= 11 is 1.55. The molecule has 6 nitrogen and oxygen atoms in total. The average Bonchev–Trinajstić information content (AvgIpc) is 2.78. The first-order valence-corrected chi connectivity index (χ1v) is 9.10. The Morgan fingerprint density at radius 1 is 1.25 bits per heavy atom. The molecule has 2 rings (SSSR count). The first-order chi connectivity index (χ1) is 11.6. The Labute approximate surface area is 146 Å². The number of aliphatic carboxylic acids is 1. The average molecular weight is 353 g/mol. The van der Waals surface area contributed by atoms with E-state index in [0.29, 0.717) is 31.9 Å². The fraction of sp³-hybridized carbons (Fsp3) is 0.529. The van der Waals surface area contributed by atoms with Gasteiger partial charge in [-0.05, 0) is 24.6 Å². The van der Waals surface area contributed by atoms with E-state index in [9.17, 15) is 9.59 Å². The Hall–Kier alpha value is -1.89. The minimum Gasteiger partial charge on any atom is -0.490 e. The number of carbonyl (C=O) groups is 2. The van der Waals surface area contributed by atoms with E-state index in [1.165, 1.54) is 4.90 Å². The summed E-state index contributed by atoms with van der Waals surface area (Å²) in [5, 5.41) is 8.87. The number of ether oxygens (including phenoxy) is 2. The third-order valence-corrected chi connectivity index (χ3v) is 4.47. The van der Waals surface area contributed by atoms with Crippen LogP contribution in [0.2, 0.25) is 0 Å². The summed E-state index contributed by atoms with van der Waals surface area (Å²) in [7, 11) is 0. The number of carboxylic acid groups (broad SMARTS) is 1. The zero-order valence-electron chi connectivity index (χ0n) is 13.8. The maximum atomic E-state index is 12.1. The Kier molecular flexibility index (Phi) is 7.24. The highest BCUT2D eigenvalue weighted by Crippen LogP contribution is 2.34. The van der Waals surface area contributed by atoms with E-state index in [1.807, 2.05) is 25.1 Å². The third-order valence-electron chi connectivity index (χ3n) is 3.48. The number of benzene rings is 1. The second-order valence-electron chi connectivity index (χ2n) is 5.47. The summed E-state index contributed by atoms with van der Waals surface area (Å²) in [4.78, 5) is 25.4. The van der Waals surface area contributed by atoms with E-state index in [-0.39, 0.29) is 12.5 Å². The number of fused-ring (bicyclic) bond motifs is 1. The largest absolute Gasteiger partial charge is 0.490 e. The third kappa shape index (κ3) is 5.63. The Morgan fingerprint density at radius 3 is 2.71 bits per heavy atom. The molecule has 0 saturated carbocycles. The summed E-state index contributed by atoms with van der Waals surface area (Å²) in [6.45, 7) is 3.46. The van der Waals surface area contributed by atoms with Gasteiger partial charge in [-0.25, -0.2) is 0 Å². The van der Waals surface area contributed by atoms with Crippen molar-refractivity contribution in [1.29, 1.82) is 0 Å². The van der Waals surface area contributed by atoms with Crippen molar-refractivity contribution in [2.45, 2.75) is 31.1 Å². The van der Waals surface area contributed by atoms with Crippen molar-refractivity contribution < 1.29 is 24.2 Å². The normalized spacial score (nSPS) is 13.2. The van der Waals surface area contributed by atoms with Crippen LogP contribution in [0.1, 0.15) is 26.2 Å². The van der Waals surface area contributed by atoms with Gasteiger partial charge in [0, 0.05) is 30.0 Å². The first-order valence-electron chi connectivity index (χ1n) is 8.12. The number of amides is 1. The van der Waals surface area contributed by atoms with E-state index in [1.54, 1.807) is 11.8 Å². The second-order valence-corrected chi connectivity index (χ2v) is 6.63. The monoisotopic (exact) mass is 353 g/mol. The van der Waals surface area contributed by atoms with E-state index in [4.69, 9.17) is 14.6 Å². The van der Waals surface area contributed by atoms with Crippen LogP contribution in [0.25, 0.3) is 0 Å². The highest BCUT2D eigenvalue weighted by Gasteiger charge is 2.16. The van der Waals surface area contributed by atoms with Crippen molar-refractivity contribution in [2.75, 3.05) is 32.1 Å². The number of nitrogens with zero attached hydrogens (tertiary/aromatic N) is 1. The molecule has 1 aromatic rings. The van der Waals surface area contributed by atoms with E-state index in [0.717, 1.165) is 29.2 Å². The quantitative estimate of drug-likeness (QED) is 0.724. The predicted octanol–water partition coefficient (Wildman–Crippen LogP) is 2.65. The van der Waals surface area contributed by atoms with Crippen molar-refractivity contribution in [3.05, 3.63) is 18.2 Å². The molecule has 0 atom stereocenters. The number of thioether (sulfide) groups is 1. The van der Waals surface area contributed by atoms with Crippen LogP contribution in [0, 0.1) is 0 Å². The molecule has 1 aliphatic heterocycles. The molecule has 0 unspecified atom stereocenters. The van der Waals surface area contributed by atoms with Crippen molar-refractivity contribution in [3.63, 3.8) is 0 Å². The Balaban J connectivity index is 1.85. The molecular formula is C17H23NO5S. The summed E-state index contributed by atoms with van der Waals surface area (Å²) in [5.41, 5.74) is 0. The SMILES string of the molecule is CCCN(CC(=O)O)C(=O)CCSc1ccc2c(c1)OCCCO2. The van der Waals surface area contributed by atoms with Gasteiger partial charge in [0.2, 0.25) is 5.91 Å².